The van der Waals surface area contributed by atoms with E-state index < -0.39 is 6.36 Å². The first kappa shape index (κ1) is 15.5. The van der Waals surface area contributed by atoms with Gasteiger partial charge in [-0.25, -0.2) is 0 Å². The Kier molecular flexibility index (Phi) is 4.03. The zero-order chi connectivity index (χ0) is 16.4. The van der Waals surface area contributed by atoms with E-state index in [2.05, 4.69) is 10.8 Å². The summed E-state index contributed by atoms with van der Waals surface area (Å²) in [5.41, 5.74) is 3.39. The molecule has 0 heterocycles. The molecule has 0 atom stereocenters. The average molecular weight is 320 g/mol. The highest BCUT2D eigenvalue weighted by molar-refractivity contribution is 5.78. The Morgan fingerprint density at radius 1 is 1.00 bits per heavy atom. The van der Waals surface area contributed by atoms with Crippen LogP contribution >= 0.6 is 0 Å². The first-order valence-electron chi connectivity index (χ1n) is 7.31. The van der Waals surface area contributed by atoms with Gasteiger partial charge >= 0.3 is 6.36 Å². The number of benzene rings is 2. The Hall–Kier alpha value is -2.43. The van der Waals surface area contributed by atoms with Crippen LogP contribution in [0.5, 0.6) is 11.5 Å². The van der Waals surface area contributed by atoms with Crippen molar-refractivity contribution in [1.82, 2.24) is 0 Å². The van der Waals surface area contributed by atoms with Crippen LogP contribution in [0.3, 0.4) is 0 Å². The maximum Gasteiger partial charge on any atom is 0.573 e. The van der Waals surface area contributed by atoms with E-state index in [-0.39, 0.29) is 11.5 Å². The van der Waals surface area contributed by atoms with Crippen molar-refractivity contribution in [1.29, 1.82) is 0 Å². The maximum atomic E-state index is 12.2. The molecule has 0 unspecified atom stereocenters. The van der Waals surface area contributed by atoms with Crippen LogP contribution in [0.25, 0.3) is 17.2 Å². The van der Waals surface area contributed by atoms with Gasteiger partial charge in [-0.15, -0.1) is 13.2 Å². The molecule has 0 aliphatic heterocycles. The fourth-order valence-corrected chi connectivity index (χ4v) is 2.83. The van der Waals surface area contributed by atoms with Gasteiger partial charge in [-0.05, 0) is 54.2 Å². The molecule has 1 aliphatic rings. The summed E-state index contributed by atoms with van der Waals surface area (Å²) >= 11 is 0. The normalized spacial score (nSPS) is 14.2. The highest BCUT2D eigenvalue weighted by Crippen LogP contribution is 2.38. The maximum absolute atomic E-state index is 12.2. The van der Waals surface area contributed by atoms with E-state index in [1.54, 1.807) is 6.07 Å². The molecule has 0 saturated heterocycles. The number of halogens is 3. The summed E-state index contributed by atoms with van der Waals surface area (Å²) in [6, 6.07) is 9.06. The molecule has 0 fully saturated rings. The Labute approximate surface area is 131 Å². The van der Waals surface area contributed by atoms with Crippen molar-refractivity contribution in [3.8, 4) is 22.6 Å². The van der Waals surface area contributed by atoms with E-state index in [0.29, 0.717) is 11.1 Å². The topological polar surface area (TPSA) is 29.5 Å². The summed E-state index contributed by atoms with van der Waals surface area (Å²) in [7, 11) is 0. The molecule has 1 N–H and O–H groups in total. The Balaban J connectivity index is 2.00. The molecule has 2 aromatic rings. The molecule has 0 aromatic heterocycles. The van der Waals surface area contributed by atoms with Crippen molar-refractivity contribution >= 4 is 6.08 Å². The van der Waals surface area contributed by atoms with Gasteiger partial charge in [0.15, 0.2) is 0 Å². The van der Waals surface area contributed by atoms with Gasteiger partial charge in [0.1, 0.15) is 11.5 Å². The molecule has 2 aromatic carbocycles. The average Bonchev–Trinajstić information content (AvgIpc) is 2.72. The Morgan fingerprint density at radius 3 is 2.43 bits per heavy atom. The molecule has 2 nitrogen and oxygen atoms in total. The first-order chi connectivity index (χ1) is 10.9. The molecule has 120 valence electrons. The minimum atomic E-state index is -4.71. The third kappa shape index (κ3) is 3.50. The smallest absolute Gasteiger partial charge is 0.507 e. The van der Waals surface area contributed by atoms with Crippen LogP contribution in [0, 0.1) is 0 Å². The zero-order valence-electron chi connectivity index (χ0n) is 12.2. The van der Waals surface area contributed by atoms with Gasteiger partial charge < -0.3 is 9.84 Å². The number of rotatable bonds is 2. The summed E-state index contributed by atoms with van der Waals surface area (Å²) in [4.78, 5) is 0. The third-order valence-corrected chi connectivity index (χ3v) is 3.80. The number of phenolic OH excluding ortho intramolecular Hbond substituents is 1. The Bertz CT molecular complexity index is 731. The molecule has 3 rings (SSSR count). The standard InChI is InChI=1S/C18H15F3O2/c19-18(20,21)23-14-9-6-13(7-10-14)17-15-5-3-1-2-4-12(15)8-11-16(17)22/h2,4,6-11,22H,1,3,5H2. The quantitative estimate of drug-likeness (QED) is 0.813. The van der Waals surface area contributed by atoms with Crippen LogP contribution in [0.1, 0.15) is 24.0 Å². The van der Waals surface area contributed by atoms with Crippen LogP contribution in [-0.2, 0) is 6.42 Å². The van der Waals surface area contributed by atoms with Crippen LogP contribution < -0.4 is 4.74 Å². The van der Waals surface area contributed by atoms with Crippen molar-refractivity contribution in [2.24, 2.45) is 0 Å². The SMILES string of the molecule is Oc1ccc2c(c1-c1ccc(OC(F)(F)F)cc1)CCCC=C2. The number of hydrogen-bond donors (Lipinski definition) is 1. The summed E-state index contributed by atoms with van der Waals surface area (Å²) in [6.07, 6.45) is 2.15. The number of hydrogen-bond acceptors (Lipinski definition) is 2. The van der Waals surface area contributed by atoms with Crippen molar-refractivity contribution in [2.75, 3.05) is 0 Å². The number of alkyl halides is 3. The van der Waals surface area contributed by atoms with E-state index in [9.17, 15) is 18.3 Å². The van der Waals surface area contributed by atoms with E-state index in [1.807, 2.05) is 12.1 Å². The number of phenols is 1. The highest BCUT2D eigenvalue weighted by atomic mass is 19.4. The van der Waals surface area contributed by atoms with Crippen LogP contribution in [0.15, 0.2) is 42.5 Å². The monoisotopic (exact) mass is 320 g/mol. The van der Waals surface area contributed by atoms with Crippen molar-refractivity contribution in [3.05, 3.63) is 53.6 Å². The molecule has 0 spiro atoms. The number of fused-ring (bicyclic) bond motifs is 1. The summed E-state index contributed by atoms with van der Waals surface area (Å²) in [5, 5.41) is 10.2. The minimum absolute atomic E-state index is 0.128. The van der Waals surface area contributed by atoms with Crippen LogP contribution in [0.2, 0.25) is 0 Å². The second-order valence-electron chi connectivity index (χ2n) is 5.39. The van der Waals surface area contributed by atoms with Crippen molar-refractivity contribution in [3.63, 3.8) is 0 Å². The van der Waals surface area contributed by atoms with Gasteiger partial charge in [-0.1, -0.05) is 30.4 Å². The Morgan fingerprint density at radius 2 is 1.74 bits per heavy atom. The van der Waals surface area contributed by atoms with E-state index >= 15 is 0 Å². The lowest BCUT2D eigenvalue weighted by Crippen LogP contribution is -2.16. The van der Waals surface area contributed by atoms with Crippen LogP contribution in [0.4, 0.5) is 13.2 Å². The second-order valence-corrected chi connectivity index (χ2v) is 5.39. The van der Waals surface area contributed by atoms with Gasteiger partial charge in [0.2, 0.25) is 0 Å². The van der Waals surface area contributed by atoms with E-state index in [1.165, 1.54) is 24.3 Å². The molecule has 0 saturated carbocycles. The lowest BCUT2D eigenvalue weighted by molar-refractivity contribution is -0.274. The minimum Gasteiger partial charge on any atom is -0.507 e. The molecule has 0 amide bonds. The van der Waals surface area contributed by atoms with Crippen molar-refractivity contribution in [2.45, 2.75) is 25.6 Å². The number of ether oxygens (including phenoxy) is 1. The largest absolute Gasteiger partial charge is 0.573 e. The molecular formula is C18H15F3O2. The van der Waals surface area contributed by atoms with Crippen LogP contribution in [-0.4, -0.2) is 11.5 Å². The highest BCUT2D eigenvalue weighted by Gasteiger charge is 2.31. The predicted octanol–water partition coefficient (Wildman–Crippen LogP) is 5.31. The zero-order valence-corrected chi connectivity index (χ0v) is 12.2. The van der Waals surface area contributed by atoms with Gasteiger partial charge in [-0.2, -0.15) is 0 Å². The van der Waals surface area contributed by atoms with Gasteiger partial charge in [0.05, 0.1) is 0 Å². The fourth-order valence-electron chi connectivity index (χ4n) is 2.83. The molecule has 5 heteroatoms. The van der Waals surface area contributed by atoms with E-state index in [0.717, 1.165) is 30.4 Å². The second kappa shape index (κ2) is 5.99. The summed E-state index contributed by atoms with van der Waals surface area (Å²) in [5.74, 6) is -0.147. The van der Waals surface area contributed by atoms with Gasteiger partial charge in [0.25, 0.3) is 0 Å². The molecule has 0 bridgehead atoms. The molecule has 0 radical (unpaired) electrons. The summed E-state index contributed by atoms with van der Waals surface area (Å²) < 4.78 is 40.6. The van der Waals surface area contributed by atoms with Gasteiger partial charge in [0, 0.05) is 5.56 Å². The van der Waals surface area contributed by atoms with Gasteiger partial charge in [-0.3, -0.25) is 0 Å². The number of allylic oxidation sites excluding steroid dienone is 1. The predicted molar refractivity (Wildman–Crippen MR) is 82.2 cm³/mol. The third-order valence-electron chi connectivity index (χ3n) is 3.80. The lowest BCUT2D eigenvalue weighted by atomic mass is 9.92. The first-order valence-corrected chi connectivity index (χ1v) is 7.31. The molecule has 1 aliphatic carbocycles. The summed E-state index contributed by atoms with van der Waals surface area (Å²) in [6.45, 7) is 0. The van der Waals surface area contributed by atoms with Crippen molar-refractivity contribution < 1.29 is 23.0 Å². The molecular weight excluding hydrogens is 305 g/mol. The number of aromatic hydroxyl groups is 1. The van der Waals surface area contributed by atoms with E-state index in [4.69, 9.17) is 0 Å². The lowest BCUT2D eigenvalue weighted by Gasteiger charge is -2.15. The fraction of sp³-hybridized carbons (Fsp3) is 0.222. The molecule has 23 heavy (non-hydrogen) atoms.